The molecular weight excluding hydrogens is 212 g/mol. The third kappa shape index (κ3) is 4.68. The molecule has 0 saturated carbocycles. The fraction of sp³-hybridized carbons (Fsp3) is 0.857. The van der Waals surface area contributed by atoms with E-state index in [2.05, 4.69) is 37.7 Å². The van der Waals surface area contributed by atoms with Crippen LogP contribution >= 0.6 is 0 Å². The maximum atomic E-state index is 5.66. The summed E-state index contributed by atoms with van der Waals surface area (Å²) < 4.78 is 5.66. The Hall–Kier alpha value is -0.540. The van der Waals surface area contributed by atoms with Crippen LogP contribution in [0.4, 0.5) is 0 Å². The number of ether oxygens (including phenoxy) is 1. The van der Waals surface area contributed by atoms with Crippen LogP contribution in [0.2, 0.25) is 0 Å². The van der Waals surface area contributed by atoms with E-state index in [1.807, 2.05) is 13.8 Å². The molecule has 1 heterocycles. The van der Waals surface area contributed by atoms with Gasteiger partial charge in [0.2, 0.25) is 0 Å². The van der Waals surface area contributed by atoms with Crippen molar-refractivity contribution in [2.75, 3.05) is 13.6 Å². The lowest BCUT2D eigenvalue weighted by molar-refractivity contribution is 0.130. The highest BCUT2D eigenvalue weighted by Gasteiger charge is 2.27. The first-order valence-corrected chi connectivity index (χ1v) is 6.72. The summed E-state index contributed by atoms with van der Waals surface area (Å²) in [6.07, 6.45) is 2.58. The van der Waals surface area contributed by atoms with Crippen molar-refractivity contribution in [3.8, 4) is 0 Å². The van der Waals surface area contributed by atoms with Gasteiger partial charge < -0.3 is 15.0 Å². The molecule has 0 radical (unpaired) electrons. The van der Waals surface area contributed by atoms with Gasteiger partial charge in [0.15, 0.2) is 0 Å². The second kappa shape index (κ2) is 6.41. The smallest absolute Gasteiger partial charge is 0.106 e. The second-order valence-corrected chi connectivity index (χ2v) is 5.66. The molecule has 2 unspecified atom stereocenters. The third-order valence-electron chi connectivity index (χ3n) is 3.41. The van der Waals surface area contributed by atoms with Crippen molar-refractivity contribution >= 4 is 0 Å². The fourth-order valence-corrected chi connectivity index (χ4v) is 2.16. The number of likely N-dealkylation sites (N-methyl/N-ethyl adjacent to an activating group) is 1. The average molecular weight is 240 g/mol. The van der Waals surface area contributed by atoms with Crippen LogP contribution in [0.15, 0.2) is 12.3 Å². The fourth-order valence-electron chi connectivity index (χ4n) is 2.16. The Kier molecular flexibility index (Phi) is 5.47. The lowest BCUT2D eigenvalue weighted by Crippen LogP contribution is -2.41. The summed E-state index contributed by atoms with van der Waals surface area (Å²) in [6.45, 7) is 13.7. The first-order chi connectivity index (χ1) is 7.90. The summed E-state index contributed by atoms with van der Waals surface area (Å²) >= 11 is 0. The molecule has 0 aromatic carbocycles. The molecule has 0 aromatic heterocycles. The third-order valence-corrected chi connectivity index (χ3v) is 3.41. The Bertz CT molecular complexity index is 251. The number of hydrogen-bond acceptors (Lipinski definition) is 3. The maximum absolute atomic E-state index is 5.66. The van der Waals surface area contributed by atoms with Gasteiger partial charge in [0, 0.05) is 18.6 Å². The van der Waals surface area contributed by atoms with E-state index < -0.39 is 0 Å². The normalized spacial score (nSPS) is 24.9. The molecular formula is C14H28N2O. The van der Waals surface area contributed by atoms with E-state index in [4.69, 9.17) is 4.74 Å². The molecule has 1 N–H and O–H groups in total. The van der Waals surface area contributed by atoms with Crippen molar-refractivity contribution in [1.29, 1.82) is 0 Å². The second-order valence-electron chi connectivity index (χ2n) is 5.66. The van der Waals surface area contributed by atoms with Gasteiger partial charge in [-0.15, -0.1) is 0 Å². The van der Waals surface area contributed by atoms with E-state index in [0.717, 1.165) is 18.7 Å². The van der Waals surface area contributed by atoms with Gasteiger partial charge in [0.25, 0.3) is 0 Å². The summed E-state index contributed by atoms with van der Waals surface area (Å²) in [5.41, 5.74) is 0. The van der Waals surface area contributed by atoms with Crippen LogP contribution in [0.25, 0.3) is 0 Å². The summed E-state index contributed by atoms with van der Waals surface area (Å²) in [7, 11) is 2.18. The molecule has 17 heavy (non-hydrogen) atoms. The van der Waals surface area contributed by atoms with Gasteiger partial charge in [0.05, 0.1) is 12.1 Å². The zero-order chi connectivity index (χ0) is 13.0. The van der Waals surface area contributed by atoms with E-state index in [1.165, 1.54) is 6.42 Å². The van der Waals surface area contributed by atoms with E-state index in [-0.39, 0.29) is 6.10 Å². The standard InChI is InChI=1S/C14H28N2O/c1-10(2)16(6)9-13-7-8-14(15-13)12(5)17-11(3)4/h10-11,13-15H,5,7-9H2,1-4,6H3. The lowest BCUT2D eigenvalue weighted by atomic mass is 10.1. The monoisotopic (exact) mass is 240 g/mol. The van der Waals surface area contributed by atoms with E-state index in [0.29, 0.717) is 18.1 Å². The van der Waals surface area contributed by atoms with Crippen molar-refractivity contribution in [3.05, 3.63) is 12.3 Å². The topological polar surface area (TPSA) is 24.5 Å². The van der Waals surface area contributed by atoms with Crippen molar-refractivity contribution in [1.82, 2.24) is 10.2 Å². The van der Waals surface area contributed by atoms with Gasteiger partial charge in [-0.1, -0.05) is 6.58 Å². The lowest BCUT2D eigenvalue weighted by Gasteiger charge is -2.25. The first-order valence-electron chi connectivity index (χ1n) is 6.72. The van der Waals surface area contributed by atoms with Crippen LogP contribution in [-0.4, -0.2) is 42.7 Å². The largest absolute Gasteiger partial charge is 0.494 e. The number of nitrogens with one attached hydrogen (secondary N) is 1. The van der Waals surface area contributed by atoms with Crippen molar-refractivity contribution in [2.45, 2.75) is 64.8 Å². The van der Waals surface area contributed by atoms with Crippen LogP contribution in [0.3, 0.4) is 0 Å². The molecule has 0 aliphatic carbocycles. The molecule has 1 aliphatic heterocycles. The number of hydrogen-bond donors (Lipinski definition) is 1. The van der Waals surface area contributed by atoms with Gasteiger partial charge in [-0.05, 0) is 47.6 Å². The molecule has 1 rings (SSSR count). The highest BCUT2D eigenvalue weighted by Crippen LogP contribution is 2.20. The van der Waals surface area contributed by atoms with Gasteiger partial charge >= 0.3 is 0 Å². The van der Waals surface area contributed by atoms with Gasteiger partial charge in [-0.3, -0.25) is 0 Å². The highest BCUT2D eigenvalue weighted by atomic mass is 16.5. The SMILES string of the molecule is C=C(OC(C)C)C1CCC(CN(C)C(C)C)N1. The Labute approximate surface area is 106 Å². The predicted octanol–water partition coefficient (Wildman–Crippen LogP) is 2.39. The molecule has 3 nitrogen and oxygen atoms in total. The molecule has 3 heteroatoms. The maximum Gasteiger partial charge on any atom is 0.106 e. The predicted molar refractivity (Wildman–Crippen MR) is 73.1 cm³/mol. The van der Waals surface area contributed by atoms with Gasteiger partial charge in [0.1, 0.15) is 5.76 Å². The number of rotatable bonds is 6. The summed E-state index contributed by atoms with van der Waals surface area (Å²) in [4.78, 5) is 2.38. The Morgan fingerprint density at radius 3 is 2.53 bits per heavy atom. The quantitative estimate of drug-likeness (QED) is 0.722. The Morgan fingerprint density at radius 1 is 1.35 bits per heavy atom. The van der Waals surface area contributed by atoms with Gasteiger partial charge in [-0.25, -0.2) is 0 Å². The van der Waals surface area contributed by atoms with Crippen LogP contribution < -0.4 is 5.32 Å². The molecule has 1 saturated heterocycles. The van der Waals surface area contributed by atoms with Crippen LogP contribution in [0.1, 0.15) is 40.5 Å². The number of nitrogens with zero attached hydrogens (tertiary/aromatic N) is 1. The van der Waals surface area contributed by atoms with Crippen molar-refractivity contribution in [3.63, 3.8) is 0 Å². The molecule has 0 amide bonds. The summed E-state index contributed by atoms with van der Waals surface area (Å²) in [5.74, 6) is 0.898. The highest BCUT2D eigenvalue weighted by molar-refractivity contribution is 5.03. The van der Waals surface area contributed by atoms with Gasteiger partial charge in [-0.2, -0.15) is 0 Å². The zero-order valence-corrected chi connectivity index (χ0v) is 12.0. The van der Waals surface area contributed by atoms with Crippen LogP contribution in [0.5, 0.6) is 0 Å². The van der Waals surface area contributed by atoms with E-state index in [1.54, 1.807) is 0 Å². The molecule has 1 aliphatic rings. The van der Waals surface area contributed by atoms with Crippen molar-refractivity contribution in [2.24, 2.45) is 0 Å². The minimum Gasteiger partial charge on any atom is -0.494 e. The van der Waals surface area contributed by atoms with Crippen LogP contribution in [0, 0.1) is 0 Å². The zero-order valence-electron chi connectivity index (χ0n) is 12.0. The minimum atomic E-state index is 0.224. The Balaban J connectivity index is 2.34. The minimum absolute atomic E-state index is 0.224. The molecule has 0 aromatic rings. The van der Waals surface area contributed by atoms with Crippen molar-refractivity contribution < 1.29 is 4.74 Å². The molecule has 2 atom stereocenters. The van der Waals surface area contributed by atoms with Crippen LogP contribution in [-0.2, 0) is 4.74 Å². The molecule has 0 spiro atoms. The summed E-state index contributed by atoms with van der Waals surface area (Å²) in [6, 6.07) is 1.51. The molecule has 1 fully saturated rings. The first kappa shape index (κ1) is 14.5. The van der Waals surface area contributed by atoms with E-state index >= 15 is 0 Å². The molecule has 0 bridgehead atoms. The average Bonchev–Trinajstić information content (AvgIpc) is 2.65. The Morgan fingerprint density at radius 2 is 2.00 bits per heavy atom. The van der Waals surface area contributed by atoms with E-state index in [9.17, 15) is 0 Å². The summed E-state index contributed by atoms with van der Waals surface area (Å²) in [5, 5.41) is 3.62. The molecule has 100 valence electrons.